The van der Waals surface area contributed by atoms with Crippen molar-refractivity contribution in [2.75, 3.05) is 44.2 Å². The van der Waals surface area contributed by atoms with Gasteiger partial charge in [-0.25, -0.2) is 4.98 Å². The molecule has 0 spiro atoms. The van der Waals surface area contributed by atoms with Gasteiger partial charge in [0.2, 0.25) is 5.95 Å². The van der Waals surface area contributed by atoms with Gasteiger partial charge >= 0.3 is 0 Å². The molecule has 1 N–H and O–H groups in total. The lowest BCUT2D eigenvalue weighted by atomic mass is 10.1. The number of aromatic nitrogens is 3. The number of piperazine rings is 1. The molecule has 1 aromatic rings. The van der Waals surface area contributed by atoms with E-state index in [4.69, 9.17) is 0 Å². The smallest absolute Gasteiger partial charge is 0.245 e. The van der Waals surface area contributed by atoms with Crippen LogP contribution in [0.25, 0.3) is 0 Å². The summed E-state index contributed by atoms with van der Waals surface area (Å²) in [7, 11) is 0. The van der Waals surface area contributed by atoms with Crippen molar-refractivity contribution in [3.63, 3.8) is 0 Å². The molecule has 2 aliphatic rings. The quantitative estimate of drug-likeness (QED) is 0.767. The van der Waals surface area contributed by atoms with E-state index in [1.54, 1.807) is 0 Å². The first-order valence-electron chi connectivity index (χ1n) is 6.61. The van der Waals surface area contributed by atoms with Crippen LogP contribution in [0.4, 0.5) is 5.95 Å². The van der Waals surface area contributed by atoms with Crippen LogP contribution in [0.15, 0.2) is 0 Å². The summed E-state index contributed by atoms with van der Waals surface area (Å²) in [6, 6.07) is 0.742. The molecule has 2 saturated heterocycles. The van der Waals surface area contributed by atoms with Crippen molar-refractivity contribution in [2.45, 2.75) is 19.9 Å². The van der Waals surface area contributed by atoms with E-state index in [0.717, 1.165) is 62.6 Å². The second-order valence-electron chi connectivity index (χ2n) is 5.12. The first kappa shape index (κ1) is 11.8. The van der Waals surface area contributed by atoms with Gasteiger partial charge in [-0.2, -0.15) is 5.10 Å². The summed E-state index contributed by atoms with van der Waals surface area (Å²) in [5.41, 5.74) is 1.89. The van der Waals surface area contributed by atoms with E-state index in [1.807, 2.05) is 13.8 Å². The van der Waals surface area contributed by atoms with Crippen LogP contribution in [-0.4, -0.2) is 65.4 Å². The van der Waals surface area contributed by atoms with Crippen LogP contribution in [-0.2, 0) is 0 Å². The Kier molecular flexibility index (Phi) is 3.13. The highest BCUT2D eigenvalue weighted by Gasteiger charge is 2.28. The SMILES string of the molecule is Cc1nnc(N2CCN(C3CNC3)CC2)nc1C. The minimum absolute atomic E-state index is 0.742. The monoisotopic (exact) mass is 248 g/mol. The first-order chi connectivity index (χ1) is 8.74. The number of nitrogens with one attached hydrogen (secondary N) is 1. The van der Waals surface area contributed by atoms with Gasteiger partial charge in [0.25, 0.3) is 0 Å². The van der Waals surface area contributed by atoms with Gasteiger partial charge in [-0.3, -0.25) is 4.90 Å². The Bertz CT molecular complexity index is 423. The summed E-state index contributed by atoms with van der Waals surface area (Å²) in [4.78, 5) is 9.32. The van der Waals surface area contributed by atoms with E-state index < -0.39 is 0 Å². The van der Waals surface area contributed by atoms with Crippen molar-refractivity contribution in [1.82, 2.24) is 25.4 Å². The molecule has 0 amide bonds. The van der Waals surface area contributed by atoms with Crippen molar-refractivity contribution in [1.29, 1.82) is 0 Å². The number of aryl methyl sites for hydroxylation is 2. The molecule has 0 unspecified atom stereocenters. The fraction of sp³-hybridized carbons (Fsp3) is 0.750. The molecule has 0 aliphatic carbocycles. The molecule has 0 radical (unpaired) electrons. The van der Waals surface area contributed by atoms with Crippen LogP contribution in [0, 0.1) is 13.8 Å². The fourth-order valence-electron chi connectivity index (χ4n) is 2.40. The Labute approximate surface area is 107 Å². The number of hydrogen-bond donors (Lipinski definition) is 1. The van der Waals surface area contributed by atoms with Crippen LogP contribution >= 0.6 is 0 Å². The maximum absolute atomic E-state index is 4.52. The standard InChI is InChI=1S/C12H20N6/c1-9-10(2)15-16-12(14-9)18-5-3-17(4-6-18)11-7-13-8-11/h11,13H,3-8H2,1-2H3. The average Bonchev–Trinajstić information content (AvgIpc) is 2.32. The molecule has 98 valence electrons. The zero-order chi connectivity index (χ0) is 12.5. The van der Waals surface area contributed by atoms with Crippen LogP contribution < -0.4 is 10.2 Å². The van der Waals surface area contributed by atoms with Gasteiger partial charge in [-0.1, -0.05) is 0 Å². The molecule has 6 heteroatoms. The third-order valence-electron chi connectivity index (χ3n) is 3.95. The third-order valence-corrected chi connectivity index (χ3v) is 3.95. The van der Waals surface area contributed by atoms with Gasteiger partial charge < -0.3 is 10.2 Å². The summed E-state index contributed by atoms with van der Waals surface area (Å²) in [5.74, 6) is 0.782. The van der Waals surface area contributed by atoms with Crippen molar-refractivity contribution in [2.24, 2.45) is 0 Å². The van der Waals surface area contributed by atoms with Crippen LogP contribution in [0.5, 0.6) is 0 Å². The molecule has 0 bridgehead atoms. The van der Waals surface area contributed by atoms with E-state index in [1.165, 1.54) is 0 Å². The highest BCUT2D eigenvalue weighted by atomic mass is 15.4. The van der Waals surface area contributed by atoms with E-state index in [2.05, 4.69) is 30.3 Å². The van der Waals surface area contributed by atoms with E-state index in [0.29, 0.717) is 0 Å². The van der Waals surface area contributed by atoms with Gasteiger partial charge in [0.15, 0.2) is 0 Å². The van der Waals surface area contributed by atoms with Crippen molar-refractivity contribution in [3.8, 4) is 0 Å². The predicted octanol–water partition coefficient (Wildman–Crippen LogP) is -0.418. The summed E-state index contributed by atoms with van der Waals surface area (Å²) in [6.45, 7) is 10.4. The van der Waals surface area contributed by atoms with Gasteiger partial charge in [0, 0.05) is 45.3 Å². The van der Waals surface area contributed by atoms with E-state index >= 15 is 0 Å². The predicted molar refractivity (Wildman–Crippen MR) is 69.7 cm³/mol. The van der Waals surface area contributed by atoms with Gasteiger partial charge in [-0.05, 0) is 13.8 Å². The Morgan fingerprint density at radius 2 is 1.72 bits per heavy atom. The molecule has 2 fully saturated rings. The molecule has 2 aliphatic heterocycles. The second kappa shape index (κ2) is 4.78. The number of anilines is 1. The Morgan fingerprint density at radius 1 is 1.00 bits per heavy atom. The highest BCUT2D eigenvalue weighted by molar-refractivity contribution is 5.30. The zero-order valence-electron chi connectivity index (χ0n) is 11.1. The minimum atomic E-state index is 0.742. The molecule has 0 atom stereocenters. The highest BCUT2D eigenvalue weighted by Crippen LogP contribution is 2.14. The lowest BCUT2D eigenvalue weighted by molar-refractivity contribution is 0.137. The molecule has 0 saturated carbocycles. The Hall–Kier alpha value is -1.27. The number of rotatable bonds is 2. The average molecular weight is 248 g/mol. The Balaban J connectivity index is 1.62. The molecule has 0 aromatic carbocycles. The van der Waals surface area contributed by atoms with Crippen LogP contribution in [0.1, 0.15) is 11.4 Å². The third kappa shape index (κ3) is 2.18. The summed E-state index contributed by atoms with van der Waals surface area (Å²) < 4.78 is 0. The molecule has 3 rings (SSSR count). The van der Waals surface area contributed by atoms with Gasteiger partial charge in [0.1, 0.15) is 0 Å². The summed E-state index contributed by atoms with van der Waals surface area (Å²) >= 11 is 0. The summed E-state index contributed by atoms with van der Waals surface area (Å²) in [5, 5.41) is 11.7. The fourth-order valence-corrected chi connectivity index (χ4v) is 2.40. The maximum Gasteiger partial charge on any atom is 0.245 e. The molecule has 1 aromatic heterocycles. The molecular formula is C12H20N6. The molecular weight excluding hydrogens is 228 g/mol. The zero-order valence-corrected chi connectivity index (χ0v) is 11.1. The largest absolute Gasteiger partial charge is 0.337 e. The Morgan fingerprint density at radius 3 is 2.28 bits per heavy atom. The first-order valence-corrected chi connectivity index (χ1v) is 6.61. The molecule has 3 heterocycles. The number of hydrogen-bond acceptors (Lipinski definition) is 6. The van der Waals surface area contributed by atoms with Crippen LogP contribution in [0.3, 0.4) is 0 Å². The van der Waals surface area contributed by atoms with Crippen molar-refractivity contribution >= 4 is 5.95 Å². The number of nitrogens with zero attached hydrogens (tertiary/aromatic N) is 5. The maximum atomic E-state index is 4.52. The van der Waals surface area contributed by atoms with Crippen LogP contribution in [0.2, 0.25) is 0 Å². The lowest BCUT2D eigenvalue weighted by Gasteiger charge is -2.43. The van der Waals surface area contributed by atoms with E-state index in [-0.39, 0.29) is 0 Å². The molecule has 18 heavy (non-hydrogen) atoms. The van der Waals surface area contributed by atoms with E-state index in [9.17, 15) is 0 Å². The van der Waals surface area contributed by atoms with Gasteiger partial charge in [0.05, 0.1) is 11.4 Å². The molecule has 6 nitrogen and oxygen atoms in total. The second-order valence-corrected chi connectivity index (χ2v) is 5.12. The van der Waals surface area contributed by atoms with Crippen molar-refractivity contribution < 1.29 is 0 Å². The normalized spacial score (nSPS) is 22.0. The minimum Gasteiger partial charge on any atom is -0.337 e. The topological polar surface area (TPSA) is 57.2 Å². The van der Waals surface area contributed by atoms with Gasteiger partial charge in [-0.15, -0.1) is 5.10 Å². The lowest BCUT2D eigenvalue weighted by Crippen LogP contribution is -2.61. The van der Waals surface area contributed by atoms with Crippen molar-refractivity contribution in [3.05, 3.63) is 11.4 Å². The summed E-state index contributed by atoms with van der Waals surface area (Å²) in [6.07, 6.45) is 0.